The van der Waals surface area contributed by atoms with Crippen LogP contribution in [0.15, 0.2) is 27.4 Å². The van der Waals surface area contributed by atoms with E-state index in [-0.39, 0.29) is 28.0 Å². The minimum atomic E-state index is -2.62. The number of aromatic nitrogens is 1. The Labute approximate surface area is 210 Å². The van der Waals surface area contributed by atoms with Crippen molar-refractivity contribution < 1.29 is 34.1 Å². The number of Topliss-reactive ketones (excluding diaryl/α,β-unsaturated/α-hetero) is 2. The molecule has 0 spiro atoms. The van der Waals surface area contributed by atoms with Crippen LogP contribution in [0.5, 0.6) is 0 Å². The number of oxazole rings is 1. The molecule has 0 aliphatic heterocycles. The fourth-order valence-corrected chi connectivity index (χ4v) is 6.30. The van der Waals surface area contributed by atoms with Gasteiger partial charge in [0.05, 0.1) is 17.1 Å². The molecule has 0 saturated heterocycles. The van der Waals surface area contributed by atoms with E-state index in [1.165, 1.54) is 4.90 Å². The fraction of sp³-hybridized carbons (Fsp3) is 0.417. The first-order valence-corrected chi connectivity index (χ1v) is 11.7. The van der Waals surface area contributed by atoms with Gasteiger partial charge in [0.15, 0.2) is 17.0 Å². The molecule has 36 heavy (non-hydrogen) atoms. The highest BCUT2D eigenvalue weighted by Gasteiger charge is 2.64. The van der Waals surface area contributed by atoms with Crippen LogP contribution in [-0.2, 0) is 20.8 Å². The summed E-state index contributed by atoms with van der Waals surface area (Å²) in [5.41, 5.74) is 4.34. The SMILES string of the molecule is CN(C)c1cc2[nH]c(=S)oc2c2c1C[C@H]1C[C@H]3[C@H](N(C)C)C(=O)C(C(N)=O)=C(O)[C@@]3(O)C(=O)C1=C2O. The van der Waals surface area contributed by atoms with Crippen LogP contribution >= 0.6 is 12.2 Å². The van der Waals surface area contributed by atoms with Crippen LogP contribution in [0.3, 0.4) is 0 Å². The lowest BCUT2D eigenvalue weighted by Crippen LogP contribution is -2.65. The summed E-state index contributed by atoms with van der Waals surface area (Å²) in [5.74, 6) is -6.15. The second kappa shape index (κ2) is 7.76. The van der Waals surface area contributed by atoms with Gasteiger partial charge in [-0.15, -0.1) is 0 Å². The summed E-state index contributed by atoms with van der Waals surface area (Å²) in [6.07, 6.45) is 0.374. The normalized spacial score (nSPS) is 27.9. The first-order chi connectivity index (χ1) is 16.8. The number of carbonyl (C=O) groups is 3. The number of H-pyrrole nitrogens is 1. The zero-order chi connectivity index (χ0) is 26.4. The van der Waals surface area contributed by atoms with E-state index in [2.05, 4.69) is 4.98 Å². The number of rotatable bonds is 3. The molecule has 12 heteroatoms. The number of carbonyl (C=O) groups excluding carboxylic acids is 3. The Bertz CT molecular complexity index is 1500. The first kappa shape index (κ1) is 24.2. The Morgan fingerprint density at radius 3 is 2.50 bits per heavy atom. The van der Waals surface area contributed by atoms with E-state index >= 15 is 0 Å². The van der Waals surface area contributed by atoms with Crippen LogP contribution in [0.2, 0.25) is 0 Å². The number of primary amides is 1. The number of likely N-dealkylation sites (N-methyl/N-ethyl adjacent to an activating group) is 1. The number of aromatic amines is 1. The summed E-state index contributed by atoms with van der Waals surface area (Å²) >= 11 is 5.14. The second-order valence-corrected chi connectivity index (χ2v) is 10.4. The number of aliphatic hydroxyl groups excluding tert-OH is 2. The predicted octanol–water partition coefficient (Wildman–Crippen LogP) is 1.13. The van der Waals surface area contributed by atoms with E-state index in [0.717, 1.165) is 11.3 Å². The molecule has 1 amide bonds. The highest BCUT2D eigenvalue weighted by Crippen LogP contribution is 2.53. The Hall–Kier alpha value is -3.48. The molecule has 3 aliphatic carbocycles. The topological polar surface area (TPSA) is 173 Å². The van der Waals surface area contributed by atoms with Gasteiger partial charge in [-0.2, -0.15) is 0 Å². The number of hydrogen-bond donors (Lipinski definition) is 5. The quantitative estimate of drug-likeness (QED) is 0.295. The molecule has 1 aromatic carbocycles. The molecular weight excluding hydrogens is 488 g/mol. The minimum absolute atomic E-state index is 0.0766. The van der Waals surface area contributed by atoms with Gasteiger partial charge in [0.2, 0.25) is 5.78 Å². The molecule has 190 valence electrons. The number of ketones is 2. The number of nitrogens with one attached hydrogen (secondary N) is 1. The number of amides is 1. The van der Waals surface area contributed by atoms with Gasteiger partial charge in [-0.1, -0.05) is 0 Å². The Morgan fingerprint density at radius 2 is 1.92 bits per heavy atom. The first-order valence-electron chi connectivity index (χ1n) is 11.3. The van der Waals surface area contributed by atoms with Crippen molar-refractivity contribution in [3.05, 3.63) is 38.9 Å². The Balaban J connectivity index is 1.81. The third-order valence-corrected chi connectivity index (χ3v) is 7.78. The molecule has 0 bridgehead atoms. The molecule has 11 nitrogen and oxygen atoms in total. The van der Waals surface area contributed by atoms with Crippen molar-refractivity contribution in [3.8, 4) is 0 Å². The lowest BCUT2D eigenvalue weighted by atomic mass is 9.57. The van der Waals surface area contributed by atoms with Crippen molar-refractivity contribution in [1.82, 2.24) is 9.88 Å². The Kier molecular flexibility index (Phi) is 5.22. The third-order valence-electron chi connectivity index (χ3n) is 7.59. The number of anilines is 1. The van der Waals surface area contributed by atoms with E-state index in [0.29, 0.717) is 11.9 Å². The van der Waals surface area contributed by atoms with Gasteiger partial charge < -0.3 is 35.4 Å². The van der Waals surface area contributed by atoms with Gasteiger partial charge in [0, 0.05) is 31.3 Å². The summed E-state index contributed by atoms with van der Waals surface area (Å²) in [6, 6.07) is 0.744. The maximum Gasteiger partial charge on any atom is 0.266 e. The smallest absolute Gasteiger partial charge is 0.266 e. The molecule has 1 aromatic heterocycles. The molecule has 0 radical (unpaired) electrons. The number of benzene rings is 1. The highest BCUT2D eigenvalue weighted by atomic mass is 32.1. The van der Waals surface area contributed by atoms with Crippen LogP contribution in [0.1, 0.15) is 17.5 Å². The molecule has 2 aromatic rings. The maximum absolute atomic E-state index is 13.9. The van der Waals surface area contributed by atoms with Gasteiger partial charge >= 0.3 is 0 Å². The van der Waals surface area contributed by atoms with Crippen molar-refractivity contribution in [3.63, 3.8) is 0 Å². The zero-order valence-electron chi connectivity index (χ0n) is 20.1. The minimum Gasteiger partial charge on any atom is -0.508 e. The molecule has 4 atom stereocenters. The van der Waals surface area contributed by atoms with Crippen molar-refractivity contribution in [1.29, 1.82) is 0 Å². The summed E-state index contributed by atoms with van der Waals surface area (Å²) in [5, 5.41) is 34.1. The predicted molar refractivity (Wildman–Crippen MR) is 132 cm³/mol. The third kappa shape index (κ3) is 2.98. The average Bonchev–Trinajstić information content (AvgIpc) is 3.14. The van der Waals surface area contributed by atoms with E-state index in [4.69, 9.17) is 22.4 Å². The van der Waals surface area contributed by atoms with Crippen molar-refractivity contribution >= 4 is 52.2 Å². The van der Waals surface area contributed by atoms with Crippen LogP contribution in [0, 0.1) is 16.7 Å². The zero-order valence-corrected chi connectivity index (χ0v) is 20.9. The molecule has 5 rings (SSSR count). The number of nitrogens with zero attached hydrogens (tertiary/aromatic N) is 2. The number of fused-ring (bicyclic) bond motifs is 5. The lowest BCUT2D eigenvalue weighted by Gasteiger charge is -2.50. The van der Waals surface area contributed by atoms with E-state index < -0.39 is 58.0 Å². The van der Waals surface area contributed by atoms with Crippen LogP contribution in [0.25, 0.3) is 16.9 Å². The van der Waals surface area contributed by atoms with Crippen molar-refractivity contribution in [2.75, 3.05) is 33.1 Å². The summed E-state index contributed by atoms with van der Waals surface area (Å²) in [4.78, 5) is 45.5. The maximum atomic E-state index is 13.9. The fourth-order valence-electron chi connectivity index (χ4n) is 6.10. The van der Waals surface area contributed by atoms with E-state index in [1.807, 2.05) is 25.1 Å². The summed E-state index contributed by atoms with van der Waals surface area (Å²) < 4.78 is 5.65. The lowest BCUT2D eigenvalue weighted by molar-refractivity contribution is -0.153. The van der Waals surface area contributed by atoms with E-state index in [9.17, 15) is 29.7 Å². The number of nitrogens with two attached hydrogens (primary N) is 1. The number of hydrogen-bond acceptors (Lipinski definition) is 10. The van der Waals surface area contributed by atoms with Crippen LogP contribution < -0.4 is 10.6 Å². The van der Waals surface area contributed by atoms with E-state index in [1.54, 1.807) is 14.1 Å². The molecule has 1 fully saturated rings. The molecule has 3 aliphatic rings. The van der Waals surface area contributed by atoms with Crippen molar-refractivity contribution in [2.45, 2.75) is 24.5 Å². The van der Waals surface area contributed by atoms with Gasteiger partial charge in [0.25, 0.3) is 10.7 Å². The molecular formula is C24H26N4O7S. The van der Waals surface area contributed by atoms with Gasteiger partial charge in [0.1, 0.15) is 17.1 Å². The van der Waals surface area contributed by atoms with Crippen molar-refractivity contribution in [2.24, 2.45) is 17.6 Å². The van der Waals surface area contributed by atoms with Gasteiger partial charge in [-0.3, -0.25) is 19.3 Å². The summed E-state index contributed by atoms with van der Waals surface area (Å²) in [6.45, 7) is 0. The average molecular weight is 515 g/mol. The van der Waals surface area contributed by atoms with Crippen LogP contribution in [-0.4, -0.2) is 82.5 Å². The Morgan fingerprint density at radius 1 is 1.25 bits per heavy atom. The van der Waals surface area contributed by atoms with Gasteiger partial charge in [-0.05, 0) is 56.7 Å². The van der Waals surface area contributed by atoms with Gasteiger partial charge in [-0.25, -0.2) is 0 Å². The second-order valence-electron chi connectivity index (χ2n) is 10.00. The highest BCUT2D eigenvalue weighted by molar-refractivity contribution is 7.71. The molecule has 6 N–H and O–H groups in total. The molecule has 1 heterocycles. The standard InChI is InChI=1S/C24H26N4O7S/c1-27(2)12-7-11-19(35-23(36)26-11)14-9(12)5-8-6-10-16(28(3)4)18(30)15(22(25)33)21(32)24(10,34)20(31)13(8)17(14)29/h7-8,10,16,29,32,34H,5-6H2,1-4H3,(H2,25,33)(H,26,36)/t8-,10-,16-,24-/m0/s1. The monoisotopic (exact) mass is 514 g/mol. The largest absolute Gasteiger partial charge is 0.508 e. The molecule has 1 saturated carbocycles. The summed E-state index contributed by atoms with van der Waals surface area (Å²) in [7, 11) is 6.84. The number of aliphatic hydroxyl groups is 3. The van der Waals surface area contributed by atoms with Crippen LogP contribution in [0.4, 0.5) is 5.69 Å². The molecule has 0 unspecified atom stereocenters.